The maximum absolute atomic E-state index is 14.0. The number of piperidine rings is 2. The summed E-state index contributed by atoms with van der Waals surface area (Å²) < 4.78 is 17.5. The van der Waals surface area contributed by atoms with E-state index in [9.17, 15) is 14.4 Å². The minimum atomic E-state index is -0.955. The molecule has 0 unspecified atom stereocenters. The van der Waals surface area contributed by atoms with Crippen molar-refractivity contribution in [3.63, 3.8) is 0 Å². The lowest BCUT2D eigenvalue weighted by Crippen LogP contribution is -2.56. The minimum absolute atomic E-state index is 0.0275. The molecule has 252 valence electrons. The van der Waals surface area contributed by atoms with Crippen molar-refractivity contribution in [1.82, 2.24) is 24.9 Å². The van der Waals surface area contributed by atoms with Gasteiger partial charge in [0.15, 0.2) is 17.6 Å². The molecular weight excluding hydrogens is 600 g/mol. The van der Waals surface area contributed by atoms with Crippen molar-refractivity contribution in [2.24, 2.45) is 0 Å². The fraction of sp³-hybridized carbons (Fsp3) is 0.571. The molecule has 2 aromatic carbocycles. The molecule has 1 atom stereocenters. The molecule has 47 heavy (non-hydrogen) atoms. The van der Waals surface area contributed by atoms with Gasteiger partial charge in [-0.1, -0.05) is 24.3 Å². The molecule has 0 aromatic heterocycles. The fourth-order valence-electron chi connectivity index (χ4n) is 7.59. The van der Waals surface area contributed by atoms with Crippen LogP contribution in [0.2, 0.25) is 0 Å². The molecule has 0 spiro atoms. The number of hydrogen-bond acceptors (Lipinski definition) is 8. The average molecular weight is 647 g/mol. The summed E-state index contributed by atoms with van der Waals surface area (Å²) >= 11 is 0. The number of piperazine rings is 1. The van der Waals surface area contributed by atoms with Gasteiger partial charge in [-0.3, -0.25) is 9.69 Å². The van der Waals surface area contributed by atoms with E-state index in [0.717, 1.165) is 62.3 Å². The van der Waals surface area contributed by atoms with Crippen LogP contribution < -0.4 is 20.1 Å². The van der Waals surface area contributed by atoms with Gasteiger partial charge >= 0.3 is 12.1 Å². The van der Waals surface area contributed by atoms with E-state index < -0.39 is 12.2 Å². The number of likely N-dealkylation sites (tertiary alicyclic amines) is 1. The summed E-state index contributed by atoms with van der Waals surface area (Å²) in [6.07, 6.45) is 3.16. The standard InChI is InChI=1S/C35H46N6O6/c42-33(39-19-17-38(18-20-39)27-7-12-36-13-8-27)32(24-25-5-6-30-31(23-25)46-22-21-45-30)47-35(44)40-14-10-28(11-15-40)41-16-9-26-3-1-2-4-29(26)37-34(41)43/h1-6,23,27-28,32,36H,7-22,24H2,(H,37,43)/t32-/m1/s1. The number of fused-ring (bicyclic) bond motifs is 2. The van der Waals surface area contributed by atoms with Crippen LogP contribution in [-0.2, 0) is 22.4 Å². The lowest BCUT2D eigenvalue weighted by atomic mass is 10.0. The normalized spacial score (nSPS) is 21.8. The number of para-hydroxylation sites is 1. The van der Waals surface area contributed by atoms with Crippen molar-refractivity contribution < 1.29 is 28.6 Å². The highest BCUT2D eigenvalue weighted by atomic mass is 16.6. The third-order valence-corrected chi connectivity index (χ3v) is 10.3. The Bertz CT molecular complexity index is 1430. The Labute approximate surface area is 276 Å². The van der Waals surface area contributed by atoms with Crippen LogP contribution in [0.25, 0.3) is 0 Å². The van der Waals surface area contributed by atoms with E-state index in [4.69, 9.17) is 14.2 Å². The molecule has 5 aliphatic rings. The van der Waals surface area contributed by atoms with Gasteiger partial charge in [0.2, 0.25) is 0 Å². The molecule has 7 rings (SSSR count). The van der Waals surface area contributed by atoms with E-state index in [0.29, 0.717) is 76.3 Å². The molecule has 0 radical (unpaired) electrons. The van der Waals surface area contributed by atoms with E-state index in [1.807, 2.05) is 46.2 Å². The summed E-state index contributed by atoms with van der Waals surface area (Å²) in [5, 5.41) is 6.48. The Balaban J connectivity index is 0.987. The van der Waals surface area contributed by atoms with Crippen LogP contribution in [0.5, 0.6) is 11.5 Å². The van der Waals surface area contributed by atoms with E-state index in [-0.39, 0.29) is 24.4 Å². The lowest BCUT2D eigenvalue weighted by molar-refractivity contribution is -0.143. The monoisotopic (exact) mass is 646 g/mol. The fourth-order valence-corrected chi connectivity index (χ4v) is 7.59. The Morgan fingerprint density at radius 1 is 0.830 bits per heavy atom. The summed E-state index contributed by atoms with van der Waals surface area (Å²) in [4.78, 5) is 48.6. The van der Waals surface area contributed by atoms with Gasteiger partial charge in [0.25, 0.3) is 5.91 Å². The van der Waals surface area contributed by atoms with Crippen LogP contribution in [0.4, 0.5) is 15.3 Å². The van der Waals surface area contributed by atoms with E-state index in [1.54, 1.807) is 4.90 Å². The topological polar surface area (TPSA) is 116 Å². The number of nitrogens with one attached hydrogen (secondary N) is 2. The van der Waals surface area contributed by atoms with Gasteiger partial charge in [-0.15, -0.1) is 0 Å². The average Bonchev–Trinajstić information content (AvgIpc) is 3.29. The number of ether oxygens (including phenoxy) is 3. The van der Waals surface area contributed by atoms with Gasteiger partial charge in [0, 0.05) is 70.0 Å². The molecular formula is C35H46N6O6. The second kappa shape index (κ2) is 14.4. The smallest absolute Gasteiger partial charge is 0.410 e. The van der Waals surface area contributed by atoms with Crippen LogP contribution in [0.1, 0.15) is 36.8 Å². The second-order valence-electron chi connectivity index (χ2n) is 13.1. The van der Waals surface area contributed by atoms with Crippen molar-refractivity contribution in [2.45, 2.75) is 56.7 Å². The first kappa shape index (κ1) is 31.6. The van der Waals surface area contributed by atoms with Crippen LogP contribution in [0, 0.1) is 0 Å². The highest BCUT2D eigenvalue weighted by Gasteiger charge is 2.36. The van der Waals surface area contributed by atoms with E-state index >= 15 is 0 Å². The molecule has 0 saturated carbocycles. The van der Waals surface area contributed by atoms with Gasteiger partial charge in [-0.05, 0) is 74.5 Å². The zero-order chi connectivity index (χ0) is 32.2. The van der Waals surface area contributed by atoms with E-state index in [2.05, 4.69) is 21.6 Å². The van der Waals surface area contributed by atoms with Gasteiger partial charge in [-0.2, -0.15) is 0 Å². The number of nitrogens with zero attached hydrogens (tertiary/aromatic N) is 4. The number of benzene rings is 2. The SMILES string of the molecule is O=C(O[C@H](Cc1ccc2c(c1)OCCO2)C(=O)N1CCN(C2CCNCC2)CC1)N1CCC(N2CCc3ccccc3NC2=O)CC1. The Morgan fingerprint density at radius 2 is 1.57 bits per heavy atom. The molecule has 2 N–H and O–H groups in total. The second-order valence-corrected chi connectivity index (χ2v) is 13.1. The van der Waals surface area contributed by atoms with Gasteiger partial charge in [0.1, 0.15) is 13.2 Å². The van der Waals surface area contributed by atoms with Gasteiger partial charge in [0.05, 0.1) is 0 Å². The molecule has 4 amide bonds. The van der Waals surface area contributed by atoms with Crippen molar-refractivity contribution >= 4 is 23.7 Å². The predicted octanol–water partition coefficient (Wildman–Crippen LogP) is 2.96. The van der Waals surface area contributed by atoms with Crippen LogP contribution in [-0.4, -0.2) is 128 Å². The maximum atomic E-state index is 14.0. The van der Waals surface area contributed by atoms with Crippen LogP contribution in [0.3, 0.4) is 0 Å². The largest absolute Gasteiger partial charge is 0.486 e. The number of hydrogen-bond donors (Lipinski definition) is 2. The molecule has 12 heteroatoms. The maximum Gasteiger partial charge on any atom is 0.410 e. The quantitative estimate of drug-likeness (QED) is 0.493. The van der Waals surface area contributed by atoms with Gasteiger partial charge in [-0.25, -0.2) is 9.59 Å². The first-order valence-electron chi connectivity index (χ1n) is 17.2. The summed E-state index contributed by atoms with van der Waals surface area (Å²) in [6.45, 7) is 7.47. The summed E-state index contributed by atoms with van der Waals surface area (Å²) in [5.41, 5.74) is 2.84. The zero-order valence-electron chi connectivity index (χ0n) is 27.0. The number of anilines is 1. The first-order valence-corrected chi connectivity index (χ1v) is 17.2. The van der Waals surface area contributed by atoms with Crippen molar-refractivity contribution in [3.8, 4) is 11.5 Å². The number of amides is 4. The Hall–Kier alpha value is -4.03. The highest BCUT2D eigenvalue weighted by Crippen LogP contribution is 2.32. The molecule has 12 nitrogen and oxygen atoms in total. The third-order valence-electron chi connectivity index (χ3n) is 10.3. The molecule has 3 fully saturated rings. The predicted molar refractivity (Wildman–Crippen MR) is 176 cm³/mol. The third kappa shape index (κ3) is 7.28. The molecule has 0 bridgehead atoms. The summed E-state index contributed by atoms with van der Waals surface area (Å²) in [5.74, 6) is 1.16. The zero-order valence-corrected chi connectivity index (χ0v) is 27.0. The summed E-state index contributed by atoms with van der Waals surface area (Å²) in [7, 11) is 0. The van der Waals surface area contributed by atoms with E-state index in [1.165, 1.54) is 0 Å². The number of carbonyl (C=O) groups excluding carboxylic acids is 3. The number of urea groups is 1. The van der Waals surface area contributed by atoms with Crippen molar-refractivity contribution in [2.75, 3.05) is 77.4 Å². The Morgan fingerprint density at radius 3 is 2.36 bits per heavy atom. The van der Waals surface area contributed by atoms with Crippen molar-refractivity contribution in [3.05, 3.63) is 53.6 Å². The van der Waals surface area contributed by atoms with Crippen LogP contribution in [0.15, 0.2) is 42.5 Å². The molecule has 3 saturated heterocycles. The van der Waals surface area contributed by atoms with Crippen molar-refractivity contribution in [1.29, 1.82) is 0 Å². The molecule has 2 aromatic rings. The highest BCUT2D eigenvalue weighted by molar-refractivity contribution is 5.91. The molecule has 5 heterocycles. The Kier molecular flexibility index (Phi) is 9.66. The summed E-state index contributed by atoms with van der Waals surface area (Å²) in [6, 6.07) is 14.0. The molecule has 0 aliphatic carbocycles. The number of carbonyl (C=O) groups is 3. The first-order chi connectivity index (χ1) is 23.0. The minimum Gasteiger partial charge on any atom is -0.486 e. The van der Waals surface area contributed by atoms with Crippen LogP contribution >= 0.6 is 0 Å². The number of rotatable bonds is 6. The molecule has 5 aliphatic heterocycles. The lowest BCUT2D eigenvalue weighted by Gasteiger charge is -2.41. The van der Waals surface area contributed by atoms with Gasteiger partial charge < -0.3 is 39.5 Å².